The van der Waals surface area contributed by atoms with Crippen LogP contribution in [0.3, 0.4) is 0 Å². The predicted octanol–water partition coefficient (Wildman–Crippen LogP) is 10.4. The number of hydrogen-bond donors (Lipinski definition) is 5. The molecule has 13 heteroatoms. The van der Waals surface area contributed by atoms with Crippen molar-refractivity contribution in [1.29, 1.82) is 0 Å². The lowest BCUT2D eigenvalue weighted by Gasteiger charge is -2.36. The van der Waals surface area contributed by atoms with Crippen LogP contribution in [0.25, 0.3) is 0 Å². The summed E-state index contributed by atoms with van der Waals surface area (Å²) in [5.74, 6) is -4.08. The Bertz CT molecular complexity index is 2640. The Balaban J connectivity index is 1.18. The van der Waals surface area contributed by atoms with E-state index in [1.165, 1.54) is 17.8 Å². The Labute approximate surface area is 450 Å². The van der Waals surface area contributed by atoms with Crippen molar-refractivity contribution in [3.05, 3.63) is 239 Å². The summed E-state index contributed by atoms with van der Waals surface area (Å²) in [6, 6.07) is 57.3. The zero-order chi connectivity index (χ0) is 53.8. The van der Waals surface area contributed by atoms with Gasteiger partial charge in [0.05, 0.1) is 22.0 Å². The third kappa shape index (κ3) is 14.8. The highest BCUT2D eigenvalue weighted by Gasteiger charge is 2.40. The molecule has 0 saturated heterocycles. The molecule has 4 unspecified atom stereocenters. The van der Waals surface area contributed by atoms with E-state index in [4.69, 9.17) is 10.5 Å². The van der Waals surface area contributed by atoms with Crippen molar-refractivity contribution >= 4 is 53.2 Å². The standard InChI is InChI=1S/C62H68N4O7S2/c1-6-52(64-58(70)53(65-59(71)55(63)43(2)3)42-75-62(48-33-19-10-20-34-48,49-35-21-11-22-36-49)50-37-23-12-24-38-50)57(69)66-56(44(4)5)60(72)73-51(41-54(67)68)39-25-26-40-74-61(45-27-13-7-14-28-45,46-29-15-8-16-30-46)47-31-17-9-18-32-47/h6-25,27-39,43-44,51,53,55-56H,26,40-42,63H2,1-5H3,(H,64,70)(H,65,71)(H,66,69)(H,67,68)/b39-25+,52-6-. The largest absolute Gasteiger partial charge is 0.481 e. The molecule has 0 bridgehead atoms. The van der Waals surface area contributed by atoms with E-state index in [1.807, 2.05) is 166 Å². The lowest BCUT2D eigenvalue weighted by Crippen LogP contribution is -2.55. The average molecular weight is 1050 g/mol. The van der Waals surface area contributed by atoms with Crippen molar-refractivity contribution in [2.45, 2.75) is 81.2 Å². The monoisotopic (exact) mass is 1040 g/mol. The highest BCUT2D eigenvalue weighted by atomic mass is 32.2. The molecule has 6 N–H and O–H groups in total. The molecule has 0 aliphatic carbocycles. The van der Waals surface area contributed by atoms with Gasteiger partial charge in [-0.05, 0) is 70.4 Å². The number of aliphatic carboxylic acids is 1. The summed E-state index contributed by atoms with van der Waals surface area (Å²) >= 11 is 3.21. The Morgan fingerprint density at radius 3 is 1.35 bits per heavy atom. The van der Waals surface area contributed by atoms with Gasteiger partial charge in [0.15, 0.2) is 0 Å². The molecule has 4 atom stereocenters. The number of nitrogens with two attached hydrogens (primary N) is 1. The molecule has 0 aliphatic heterocycles. The number of carbonyl (C=O) groups excluding carboxylic acids is 4. The number of esters is 1. The van der Waals surface area contributed by atoms with E-state index in [2.05, 4.69) is 52.3 Å². The van der Waals surface area contributed by atoms with Crippen molar-refractivity contribution in [3.8, 4) is 0 Å². The normalized spacial score (nSPS) is 13.6. The van der Waals surface area contributed by atoms with Gasteiger partial charge in [-0.3, -0.25) is 19.2 Å². The molecule has 0 spiro atoms. The Kier molecular flexibility index (Phi) is 21.3. The molecule has 11 nitrogen and oxygen atoms in total. The number of hydrogen-bond acceptors (Lipinski definition) is 9. The van der Waals surface area contributed by atoms with Gasteiger partial charge in [0.2, 0.25) is 11.8 Å². The topological polar surface area (TPSA) is 177 Å². The zero-order valence-electron chi connectivity index (χ0n) is 43.1. The van der Waals surface area contributed by atoms with Crippen LogP contribution in [0.1, 0.15) is 80.8 Å². The molecule has 3 amide bonds. The minimum absolute atomic E-state index is 0.0474. The molecule has 6 aromatic carbocycles. The molecular weight excluding hydrogens is 977 g/mol. The van der Waals surface area contributed by atoms with E-state index >= 15 is 0 Å². The van der Waals surface area contributed by atoms with Crippen molar-refractivity contribution in [1.82, 2.24) is 16.0 Å². The highest BCUT2D eigenvalue weighted by molar-refractivity contribution is 8.00. The Morgan fingerprint density at radius 2 is 0.987 bits per heavy atom. The third-order valence-corrected chi connectivity index (χ3v) is 16.0. The number of allylic oxidation sites excluding steroid dienone is 2. The van der Waals surface area contributed by atoms with Gasteiger partial charge >= 0.3 is 11.9 Å². The number of benzene rings is 6. The van der Waals surface area contributed by atoms with Gasteiger partial charge in [0.25, 0.3) is 5.91 Å². The highest BCUT2D eigenvalue weighted by Crippen LogP contribution is 2.50. The first-order valence-electron chi connectivity index (χ1n) is 25.2. The average Bonchev–Trinajstić information content (AvgIpc) is 3.43. The minimum Gasteiger partial charge on any atom is -0.481 e. The van der Waals surface area contributed by atoms with Gasteiger partial charge in [-0.1, -0.05) is 222 Å². The van der Waals surface area contributed by atoms with Gasteiger partial charge in [-0.15, -0.1) is 23.5 Å². The summed E-state index contributed by atoms with van der Waals surface area (Å²) in [6.07, 6.45) is 3.68. The lowest BCUT2D eigenvalue weighted by molar-refractivity contribution is -0.154. The number of carboxylic acid groups (broad SMARTS) is 1. The SMILES string of the molecule is C/C=C(\NC(=O)C(CSC(c1ccccc1)(c1ccccc1)c1ccccc1)NC(=O)C(N)C(C)C)C(=O)NC(C(=O)OC(/C=C/CCSC(c1ccccc1)(c1ccccc1)c1ccccc1)CC(=O)O)C(C)C. The molecule has 6 aromatic rings. The zero-order valence-corrected chi connectivity index (χ0v) is 44.8. The summed E-state index contributed by atoms with van der Waals surface area (Å²) in [5, 5.41) is 18.2. The van der Waals surface area contributed by atoms with Crippen LogP contribution in [-0.2, 0) is 38.2 Å². The predicted molar refractivity (Wildman–Crippen MR) is 303 cm³/mol. The molecular formula is C62H68N4O7S2. The first-order chi connectivity index (χ1) is 36.2. The van der Waals surface area contributed by atoms with E-state index in [1.54, 1.807) is 38.6 Å². The number of ether oxygens (including phenoxy) is 1. The maximum absolute atomic E-state index is 14.5. The number of amides is 3. The molecule has 0 radical (unpaired) electrons. The Morgan fingerprint density at radius 1 is 0.587 bits per heavy atom. The number of thioether (sulfide) groups is 2. The van der Waals surface area contributed by atoms with Crippen LogP contribution in [0.2, 0.25) is 0 Å². The minimum atomic E-state index is -1.23. The van der Waals surface area contributed by atoms with Crippen LogP contribution >= 0.6 is 23.5 Å². The van der Waals surface area contributed by atoms with Gasteiger partial charge in [-0.2, -0.15) is 0 Å². The van der Waals surface area contributed by atoms with Crippen molar-refractivity contribution < 1.29 is 33.8 Å². The second-order valence-electron chi connectivity index (χ2n) is 18.7. The maximum Gasteiger partial charge on any atom is 0.329 e. The molecule has 75 heavy (non-hydrogen) atoms. The quantitative estimate of drug-likeness (QED) is 0.0116. The summed E-state index contributed by atoms with van der Waals surface area (Å²) < 4.78 is 4.44. The van der Waals surface area contributed by atoms with Crippen LogP contribution in [0.4, 0.5) is 0 Å². The van der Waals surface area contributed by atoms with Crippen LogP contribution in [-0.4, -0.2) is 70.5 Å². The van der Waals surface area contributed by atoms with Crippen molar-refractivity contribution in [3.63, 3.8) is 0 Å². The van der Waals surface area contributed by atoms with E-state index in [0.29, 0.717) is 12.2 Å². The summed E-state index contributed by atoms with van der Waals surface area (Å²) in [4.78, 5) is 68.4. The molecule has 390 valence electrons. The van der Waals surface area contributed by atoms with Crippen molar-refractivity contribution in [2.24, 2.45) is 17.6 Å². The number of rotatable bonds is 26. The van der Waals surface area contributed by atoms with Crippen LogP contribution in [0.15, 0.2) is 206 Å². The fourth-order valence-electron chi connectivity index (χ4n) is 8.77. The van der Waals surface area contributed by atoms with E-state index in [-0.39, 0.29) is 17.4 Å². The first kappa shape index (κ1) is 57.1. The second kappa shape index (κ2) is 27.9. The first-order valence-corrected chi connectivity index (χ1v) is 27.2. The molecule has 6 rings (SSSR count). The fourth-order valence-corrected chi connectivity index (χ4v) is 11.8. The van der Waals surface area contributed by atoms with Crippen LogP contribution in [0, 0.1) is 11.8 Å². The maximum atomic E-state index is 14.5. The smallest absolute Gasteiger partial charge is 0.329 e. The number of nitrogens with one attached hydrogen (secondary N) is 3. The summed E-state index contributed by atoms with van der Waals surface area (Å²) in [5.41, 5.74) is 12.3. The van der Waals surface area contributed by atoms with Crippen LogP contribution in [0.5, 0.6) is 0 Å². The van der Waals surface area contributed by atoms with Crippen LogP contribution < -0.4 is 21.7 Å². The van der Waals surface area contributed by atoms with Gasteiger partial charge in [0, 0.05) is 5.75 Å². The van der Waals surface area contributed by atoms with E-state index < -0.39 is 75.7 Å². The van der Waals surface area contributed by atoms with Gasteiger partial charge < -0.3 is 31.5 Å². The van der Waals surface area contributed by atoms with E-state index in [9.17, 15) is 29.1 Å². The Hall–Kier alpha value is -7.19. The molecule has 0 fully saturated rings. The molecule has 0 saturated carbocycles. The molecule has 0 aliphatic rings. The molecule has 0 heterocycles. The van der Waals surface area contributed by atoms with E-state index in [0.717, 1.165) is 33.4 Å². The fraction of sp³-hybridized carbons (Fsp3) is 0.274. The van der Waals surface area contributed by atoms with Crippen molar-refractivity contribution in [2.75, 3.05) is 11.5 Å². The van der Waals surface area contributed by atoms with Gasteiger partial charge in [-0.25, -0.2) is 4.79 Å². The second-order valence-corrected chi connectivity index (χ2v) is 21.3. The number of carbonyl (C=O) groups is 5. The lowest BCUT2D eigenvalue weighted by atomic mass is 9.84. The summed E-state index contributed by atoms with van der Waals surface area (Å²) in [7, 11) is 0. The molecule has 0 aromatic heterocycles. The van der Waals surface area contributed by atoms with Gasteiger partial charge in [0.1, 0.15) is 23.9 Å². The summed E-state index contributed by atoms with van der Waals surface area (Å²) in [6.45, 7) is 8.63. The number of carboxylic acids is 1. The third-order valence-electron chi connectivity index (χ3n) is 12.8.